The number of rotatable bonds is 11. The second kappa shape index (κ2) is 10.3. The Hall–Kier alpha value is -2.53. The second-order valence-corrected chi connectivity index (χ2v) is 5.27. The lowest BCUT2D eigenvalue weighted by molar-refractivity contribution is 0.0692. The zero-order chi connectivity index (χ0) is 17.0. The number of ether oxygens (including phenoxy) is 2. The SMILES string of the molecule is O=C(O)c1ccccc1OCCCCNCCOc1ccccc1. The van der Waals surface area contributed by atoms with E-state index in [-0.39, 0.29) is 5.56 Å². The van der Waals surface area contributed by atoms with Crippen LogP contribution in [0.3, 0.4) is 0 Å². The molecule has 24 heavy (non-hydrogen) atoms. The molecule has 0 heterocycles. The lowest BCUT2D eigenvalue weighted by atomic mass is 10.2. The van der Waals surface area contributed by atoms with Crippen LogP contribution in [0, 0.1) is 0 Å². The van der Waals surface area contributed by atoms with Gasteiger partial charge in [0.25, 0.3) is 0 Å². The van der Waals surface area contributed by atoms with Crippen molar-refractivity contribution in [1.82, 2.24) is 5.32 Å². The van der Waals surface area contributed by atoms with E-state index in [1.165, 1.54) is 0 Å². The van der Waals surface area contributed by atoms with Gasteiger partial charge in [0.2, 0.25) is 0 Å². The van der Waals surface area contributed by atoms with Gasteiger partial charge in [-0.15, -0.1) is 0 Å². The number of unbranched alkanes of at least 4 members (excludes halogenated alkanes) is 1. The van der Waals surface area contributed by atoms with E-state index in [0.29, 0.717) is 19.0 Å². The Kier molecular flexibility index (Phi) is 7.63. The molecule has 0 saturated heterocycles. The van der Waals surface area contributed by atoms with Crippen molar-refractivity contribution < 1.29 is 19.4 Å². The molecule has 2 N–H and O–H groups in total. The van der Waals surface area contributed by atoms with Gasteiger partial charge in [0, 0.05) is 6.54 Å². The third kappa shape index (κ3) is 6.30. The molecule has 2 aromatic carbocycles. The second-order valence-electron chi connectivity index (χ2n) is 5.27. The molecule has 5 nitrogen and oxygen atoms in total. The van der Waals surface area contributed by atoms with Gasteiger partial charge in [0.05, 0.1) is 6.61 Å². The zero-order valence-corrected chi connectivity index (χ0v) is 13.6. The molecule has 0 aromatic heterocycles. The number of carboxylic acids is 1. The fourth-order valence-corrected chi connectivity index (χ4v) is 2.19. The number of aromatic carboxylic acids is 1. The van der Waals surface area contributed by atoms with Crippen molar-refractivity contribution in [3.8, 4) is 11.5 Å². The van der Waals surface area contributed by atoms with Crippen molar-refractivity contribution in [2.45, 2.75) is 12.8 Å². The predicted molar refractivity (Wildman–Crippen MR) is 92.9 cm³/mol. The molecule has 5 heteroatoms. The van der Waals surface area contributed by atoms with Crippen molar-refractivity contribution in [2.24, 2.45) is 0 Å². The van der Waals surface area contributed by atoms with E-state index < -0.39 is 5.97 Å². The van der Waals surface area contributed by atoms with Gasteiger partial charge in [-0.3, -0.25) is 0 Å². The number of nitrogens with one attached hydrogen (secondary N) is 1. The van der Waals surface area contributed by atoms with Gasteiger partial charge < -0.3 is 19.9 Å². The monoisotopic (exact) mass is 329 g/mol. The molecule has 2 rings (SSSR count). The number of para-hydroxylation sites is 2. The third-order valence-electron chi connectivity index (χ3n) is 3.41. The molecule has 128 valence electrons. The van der Waals surface area contributed by atoms with Crippen molar-refractivity contribution in [2.75, 3.05) is 26.3 Å². The number of hydrogen-bond acceptors (Lipinski definition) is 4. The Bertz CT molecular complexity index is 616. The van der Waals surface area contributed by atoms with Crippen LogP contribution in [-0.2, 0) is 0 Å². The first-order valence-electron chi connectivity index (χ1n) is 8.11. The van der Waals surface area contributed by atoms with Crippen LogP contribution in [-0.4, -0.2) is 37.4 Å². The van der Waals surface area contributed by atoms with Crippen molar-refractivity contribution in [3.63, 3.8) is 0 Å². The van der Waals surface area contributed by atoms with E-state index in [0.717, 1.165) is 31.7 Å². The molecule has 0 saturated carbocycles. The van der Waals surface area contributed by atoms with Gasteiger partial charge in [-0.2, -0.15) is 0 Å². The van der Waals surface area contributed by atoms with Gasteiger partial charge in [-0.1, -0.05) is 30.3 Å². The molecule has 0 fully saturated rings. The first kappa shape index (κ1) is 17.8. The number of carbonyl (C=O) groups is 1. The first-order chi connectivity index (χ1) is 11.8. The van der Waals surface area contributed by atoms with Crippen LogP contribution in [0.4, 0.5) is 0 Å². The first-order valence-corrected chi connectivity index (χ1v) is 8.11. The zero-order valence-electron chi connectivity index (χ0n) is 13.6. The average Bonchev–Trinajstić information content (AvgIpc) is 2.61. The summed E-state index contributed by atoms with van der Waals surface area (Å²) in [6.45, 7) is 2.80. The number of benzene rings is 2. The molecule has 0 aliphatic carbocycles. The standard InChI is InChI=1S/C19H23NO4/c21-19(22)17-10-4-5-11-18(17)24-14-7-6-12-20-13-15-23-16-8-2-1-3-9-16/h1-5,8-11,20H,6-7,12-15H2,(H,21,22). The summed E-state index contributed by atoms with van der Waals surface area (Å²) in [5.74, 6) is 0.338. The smallest absolute Gasteiger partial charge is 0.339 e. The summed E-state index contributed by atoms with van der Waals surface area (Å²) in [6.07, 6.45) is 1.82. The van der Waals surface area contributed by atoms with E-state index in [1.807, 2.05) is 30.3 Å². The molecule has 2 aromatic rings. The van der Waals surface area contributed by atoms with Crippen LogP contribution < -0.4 is 14.8 Å². The van der Waals surface area contributed by atoms with E-state index >= 15 is 0 Å². The van der Waals surface area contributed by atoms with Crippen LogP contribution in [0.15, 0.2) is 54.6 Å². The Labute approximate surface area is 142 Å². The molecule has 0 amide bonds. The van der Waals surface area contributed by atoms with Crippen LogP contribution in [0.2, 0.25) is 0 Å². The van der Waals surface area contributed by atoms with Gasteiger partial charge in [-0.05, 0) is 43.7 Å². The fourth-order valence-electron chi connectivity index (χ4n) is 2.19. The van der Waals surface area contributed by atoms with E-state index in [9.17, 15) is 4.79 Å². The lowest BCUT2D eigenvalue weighted by Crippen LogP contribution is -2.22. The van der Waals surface area contributed by atoms with Crippen molar-refractivity contribution in [3.05, 3.63) is 60.2 Å². The summed E-state index contributed by atoms with van der Waals surface area (Å²) in [5, 5.41) is 12.4. The van der Waals surface area contributed by atoms with Crippen LogP contribution in [0.5, 0.6) is 11.5 Å². The van der Waals surface area contributed by atoms with Gasteiger partial charge in [0.15, 0.2) is 0 Å². The molecule has 0 spiro atoms. The minimum atomic E-state index is -0.967. The fraction of sp³-hybridized carbons (Fsp3) is 0.316. The molecule has 0 bridgehead atoms. The molecule has 0 aliphatic heterocycles. The van der Waals surface area contributed by atoms with Gasteiger partial charge in [0.1, 0.15) is 23.7 Å². The lowest BCUT2D eigenvalue weighted by Gasteiger charge is -2.09. The minimum absolute atomic E-state index is 0.202. The van der Waals surface area contributed by atoms with Gasteiger partial charge in [-0.25, -0.2) is 4.79 Å². The summed E-state index contributed by atoms with van der Waals surface area (Å²) in [7, 11) is 0. The number of carboxylic acid groups (broad SMARTS) is 1. The Morgan fingerprint density at radius 1 is 0.875 bits per heavy atom. The third-order valence-corrected chi connectivity index (χ3v) is 3.41. The maximum absolute atomic E-state index is 11.1. The summed E-state index contributed by atoms with van der Waals surface area (Å²) < 4.78 is 11.1. The summed E-state index contributed by atoms with van der Waals surface area (Å²) >= 11 is 0. The maximum Gasteiger partial charge on any atom is 0.339 e. The normalized spacial score (nSPS) is 10.3. The minimum Gasteiger partial charge on any atom is -0.493 e. The molecule has 0 atom stereocenters. The summed E-state index contributed by atoms with van der Waals surface area (Å²) in [6, 6.07) is 16.4. The van der Waals surface area contributed by atoms with Crippen LogP contribution >= 0.6 is 0 Å². The summed E-state index contributed by atoms with van der Waals surface area (Å²) in [4.78, 5) is 11.1. The van der Waals surface area contributed by atoms with Gasteiger partial charge >= 0.3 is 5.97 Å². The molecule has 0 radical (unpaired) electrons. The largest absolute Gasteiger partial charge is 0.493 e. The topological polar surface area (TPSA) is 67.8 Å². The maximum atomic E-state index is 11.1. The predicted octanol–water partition coefficient (Wildman–Crippen LogP) is 3.21. The summed E-state index contributed by atoms with van der Waals surface area (Å²) in [5.41, 5.74) is 0.202. The van der Waals surface area contributed by atoms with Crippen LogP contribution in [0.1, 0.15) is 23.2 Å². The highest BCUT2D eigenvalue weighted by Gasteiger charge is 2.09. The highest BCUT2D eigenvalue weighted by atomic mass is 16.5. The molecule has 0 aliphatic rings. The quantitative estimate of drug-likeness (QED) is 0.620. The Morgan fingerprint density at radius 2 is 1.62 bits per heavy atom. The molecule has 0 unspecified atom stereocenters. The van der Waals surface area contributed by atoms with Crippen molar-refractivity contribution in [1.29, 1.82) is 0 Å². The average molecular weight is 329 g/mol. The van der Waals surface area contributed by atoms with Crippen molar-refractivity contribution >= 4 is 5.97 Å². The van der Waals surface area contributed by atoms with E-state index in [1.54, 1.807) is 24.3 Å². The van der Waals surface area contributed by atoms with E-state index in [4.69, 9.17) is 14.6 Å². The van der Waals surface area contributed by atoms with Crippen LogP contribution in [0.25, 0.3) is 0 Å². The Morgan fingerprint density at radius 3 is 2.42 bits per heavy atom. The highest BCUT2D eigenvalue weighted by Crippen LogP contribution is 2.17. The molecular weight excluding hydrogens is 306 g/mol. The van der Waals surface area contributed by atoms with E-state index in [2.05, 4.69) is 5.32 Å². The highest BCUT2D eigenvalue weighted by molar-refractivity contribution is 5.90. The molecular formula is C19H23NO4. The Balaban J connectivity index is 1.51. The number of hydrogen-bond donors (Lipinski definition) is 2.